The first kappa shape index (κ1) is 15.7. The summed E-state index contributed by atoms with van der Waals surface area (Å²) in [5, 5.41) is 11.9. The molecule has 19 heavy (non-hydrogen) atoms. The van der Waals surface area contributed by atoms with Gasteiger partial charge in [-0.3, -0.25) is 0 Å². The lowest BCUT2D eigenvalue weighted by molar-refractivity contribution is -0.0521. The van der Waals surface area contributed by atoms with Crippen LogP contribution in [0.1, 0.15) is 19.4 Å². The molecule has 108 valence electrons. The highest BCUT2D eigenvalue weighted by Crippen LogP contribution is 2.32. The zero-order chi connectivity index (χ0) is 14.3. The summed E-state index contributed by atoms with van der Waals surface area (Å²) < 4.78 is 34.7. The lowest BCUT2D eigenvalue weighted by Gasteiger charge is -2.17. The topological polar surface area (TPSA) is 50.7 Å². The van der Waals surface area contributed by atoms with E-state index in [1.807, 2.05) is 0 Å². The van der Waals surface area contributed by atoms with E-state index in [1.54, 1.807) is 32.0 Å². The molecule has 0 saturated carbocycles. The van der Waals surface area contributed by atoms with Gasteiger partial charge in [-0.05, 0) is 19.9 Å². The van der Waals surface area contributed by atoms with Crippen molar-refractivity contribution >= 4 is 0 Å². The first-order valence-corrected chi connectivity index (χ1v) is 6.12. The van der Waals surface area contributed by atoms with E-state index in [1.165, 1.54) is 0 Å². The van der Waals surface area contributed by atoms with Gasteiger partial charge in [0.15, 0.2) is 11.5 Å². The number of rotatable bonds is 8. The van der Waals surface area contributed by atoms with Gasteiger partial charge >= 0.3 is 6.61 Å². The van der Waals surface area contributed by atoms with Gasteiger partial charge in [0, 0.05) is 18.2 Å². The molecule has 0 spiro atoms. The fourth-order valence-electron chi connectivity index (χ4n) is 1.54. The number of para-hydroxylation sites is 1. The first-order valence-electron chi connectivity index (χ1n) is 6.12. The molecule has 1 atom stereocenters. The third-order valence-electron chi connectivity index (χ3n) is 2.48. The third-order valence-corrected chi connectivity index (χ3v) is 2.48. The second kappa shape index (κ2) is 7.91. The molecule has 2 N–H and O–H groups in total. The number of hydrogen-bond acceptors (Lipinski definition) is 4. The fraction of sp³-hybridized carbons (Fsp3) is 0.538. The number of aliphatic hydroxyl groups is 1. The highest BCUT2D eigenvalue weighted by Gasteiger charge is 2.15. The SMILES string of the molecule is CCOc1cccc(CN[C@H](C)CO)c1OC(F)F. The van der Waals surface area contributed by atoms with Gasteiger partial charge in [0.1, 0.15) is 0 Å². The molecule has 0 unspecified atom stereocenters. The Kier molecular flexibility index (Phi) is 6.52. The van der Waals surface area contributed by atoms with Crippen molar-refractivity contribution in [3.63, 3.8) is 0 Å². The minimum absolute atomic E-state index is 0.0316. The number of nitrogens with one attached hydrogen (secondary N) is 1. The Balaban J connectivity index is 2.90. The lowest BCUT2D eigenvalue weighted by atomic mass is 10.1. The van der Waals surface area contributed by atoms with Gasteiger partial charge < -0.3 is 19.9 Å². The van der Waals surface area contributed by atoms with E-state index in [9.17, 15) is 8.78 Å². The van der Waals surface area contributed by atoms with Crippen molar-refractivity contribution in [2.75, 3.05) is 13.2 Å². The van der Waals surface area contributed by atoms with Crippen LogP contribution in [0.3, 0.4) is 0 Å². The minimum Gasteiger partial charge on any atom is -0.490 e. The predicted molar refractivity (Wildman–Crippen MR) is 67.6 cm³/mol. The highest BCUT2D eigenvalue weighted by molar-refractivity contribution is 5.46. The van der Waals surface area contributed by atoms with Crippen LogP contribution in [0, 0.1) is 0 Å². The second-order valence-electron chi connectivity index (χ2n) is 4.02. The van der Waals surface area contributed by atoms with Gasteiger partial charge in [0.2, 0.25) is 0 Å². The van der Waals surface area contributed by atoms with E-state index in [-0.39, 0.29) is 18.4 Å². The van der Waals surface area contributed by atoms with Crippen molar-refractivity contribution in [2.45, 2.75) is 33.0 Å². The summed E-state index contributed by atoms with van der Waals surface area (Å²) in [4.78, 5) is 0. The molecule has 0 saturated heterocycles. The van der Waals surface area contributed by atoms with Crippen LogP contribution in [0.5, 0.6) is 11.5 Å². The van der Waals surface area contributed by atoms with Crippen LogP contribution in [0.15, 0.2) is 18.2 Å². The summed E-state index contributed by atoms with van der Waals surface area (Å²) in [6, 6.07) is 4.84. The van der Waals surface area contributed by atoms with Gasteiger partial charge in [-0.15, -0.1) is 0 Å². The molecule has 0 amide bonds. The zero-order valence-corrected chi connectivity index (χ0v) is 11.0. The van der Waals surface area contributed by atoms with Crippen LogP contribution in [-0.4, -0.2) is 31.0 Å². The Labute approximate surface area is 111 Å². The smallest absolute Gasteiger partial charge is 0.387 e. The summed E-state index contributed by atoms with van der Waals surface area (Å²) in [6.07, 6.45) is 0. The van der Waals surface area contributed by atoms with Crippen molar-refractivity contribution in [1.82, 2.24) is 5.32 Å². The molecule has 0 fully saturated rings. The van der Waals surface area contributed by atoms with Crippen LogP contribution in [-0.2, 0) is 6.54 Å². The van der Waals surface area contributed by atoms with E-state index < -0.39 is 6.61 Å². The van der Waals surface area contributed by atoms with Crippen LogP contribution in [0.2, 0.25) is 0 Å². The molecule has 1 rings (SSSR count). The Hall–Kier alpha value is -1.40. The van der Waals surface area contributed by atoms with Crippen molar-refractivity contribution in [3.8, 4) is 11.5 Å². The Morgan fingerprint density at radius 2 is 2.11 bits per heavy atom. The number of hydrogen-bond donors (Lipinski definition) is 2. The molecule has 1 aromatic rings. The molecule has 6 heteroatoms. The van der Waals surface area contributed by atoms with Gasteiger partial charge in [-0.25, -0.2) is 0 Å². The summed E-state index contributed by atoms with van der Waals surface area (Å²) in [5.74, 6) is 0.329. The molecule has 0 aliphatic heterocycles. The Morgan fingerprint density at radius 3 is 2.68 bits per heavy atom. The Morgan fingerprint density at radius 1 is 1.37 bits per heavy atom. The van der Waals surface area contributed by atoms with E-state index in [0.717, 1.165) is 0 Å². The standard InChI is InChI=1S/C13H19F2NO3/c1-3-18-11-6-4-5-10(7-16-9(2)8-17)12(11)19-13(14)15/h4-6,9,13,16-17H,3,7-8H2,1-2H3/t9-/m1/s1. The molecule has 0 aliphatic rings. The number of benzene rings is 1. The van der Waals surface area contributed by atoms with Crippen molar-refractivity contribution in [2.24, 2.45) is 0 Å². The van der Waals surface area contributed by atoms with E-state index >= 15 is 0 Å². The number of aliphatic hydroxyl groups excluding tert-OH is 1. The minimum atomic E-state index is -2.91. The van der Waals surface area contributed by atoms with Crippen LogP contribution < -0.4 is 14.8 Å². The molecular formula is C13H19F2NO3. The van der Waals surface area contributed by atoms with E-state index in [4.69, 9.17) is 9.84 Å². The normalized spacial score (nSPS) is 12.5. The summed E-state index contributed by atoms with van der Waals surface area (Å²) in [6.45, 7) is 1.30. The number of halogens is 2. The van der Waals surface area contributed by atoms with Gasteiger partial charge in [0.25, 0.3) is 0 Å². The monoisotopic (exact) mass is 275 g/mol. The molecular weight excluding hydrogens is 256 g/mol. The van der Waals surface area contributed by atoms with Crippen molar-refractivity contribution < 1.29 is 23.4 Å². The average molecular weight is 275 g/mol. The molecule has 0 aliphatic carbocycles. The van der Waals surface area contributed by atoms with Crippen LogP contribution in [0.25, 0.3) is 0 Å². The maximum absolute atomic E-state index is 12.4. The summed E-state index contributed by atoms with van der Waals surface area (Å²) >= 11 is 0. The molecule has 4 nitrogen and oxygen atoms in total. The summed E-state index contributed by atoms with van der Waals surface area (Å²) in [5.41, 5.74) is 0.562. The second-order valence-corrected chi connectivity index (χ2v) is 4.02. The number of alkyl halides is 2. The maximum atomic E-state index is 12.4. The van der Waals surface area contributed by atoms with Crippen LogP contribution >= 0.6 is 0 Å². The quantitative estimate of drug-likeness (QED) is 0.763. The molecule has 0 radical (unpaired) electrons. The average Bonchev–Trinajstić information content (AvgIpc) is 2.38. The van der Waals surface area contributed by atoms with Gasteiger partial charge in [-0.1, -0.05) is 12.1 Å². The number of ether oxygens (including phenoxy) is 2. The van der Waals surface area contributed by atoms with Gasteiger partial charge in [-0.2, -0.15) is 8.78 Å². The molecule has 0 aromatic heterocycles. The van der Waals surface area contributed by atoms with E-state index in [0.29, 0.717) is 24.5 Å². The summed E-state index contributed by atoms with van der Waals surface area (Å²) in [7, 11) is 0. The van der Waals surface area contributed by atoms with Crippen LogP contribution in [0.4, 0.5) is 8.78 Å². The predicted octanol–water partition coefficient (Wildman–Crippen LogP) is 2.16. The van der Waals surface area contributed by atoms with E-state index in [2.05, 4.69) is 10.1 Å². The molecule has 0 heterocycles. The van der Waals surface area contributed by atoms with Crippen molar-refractivity contribution in [1.29, 1.82) is 0 Å². The highest BCUT2D eigenvalue weighted by atomic mass is 19.3. The van der Waals surface area contributed by atoms with Crippen molar-refractivity contribution in [3.05, 3.63) is 23.8 Å². The molecule has 1 aromatic carbocycles. The lowest BCUT2D eigenvalue weighted by Crippen LogP contribution is -2.29. The fourth-order valence-corrected chi connectivity index (χ4v) is 1.54. The molecule has 0 bridgehead atoms. The zero-order valence-electron chi connectivity index (χ0n) is 11.0. The first-order chi connectivity index (χ1) is 9.08. The Bertz CT molecular complexity index is 388. The maximum Gasteiger partial charge on any atom is 0.387 e. The third kappa shape index (κ3) is 5.00. The van der Waals surface area contributed by atoms with Gasteiger partial charge in [0.05, 0.1) is 13.2 Å². The largest absolute Gasteiger partial charge is 0.490 e.